The smallest absolute Gasteiger partial charge is 0.363 e. The number of para-hydroxylation sites is 1. The maximum atomic E-state index is 12.3. The van der Waals surface area contributed by atoms with Crippen LogP contribution in [0.1, 0.15) is 43.4 Å². The third-order valence-electron chi connectivity index (χ3n) is 4.13. The fourth-order valence-electron chi connectivity index (χ4n) is 2.62. The second kappa shape index (κ2) is 8.04. The number of hydrogen-bond donors (Lipinski definition) is 0. The van der Waals surface area contributed by atoms with E-state index < -0.39 is 5.97 Å². The number of cyclic esters (lactones) is 1. The van der Waals surface area contributed by atoms with Crippen molar-refractivity contribution in [1.82, 2.24) is 0 Å². The zero-order valence-corrected chi connectivity index (χ0v) is 15.9. The van der Waals surface area contributed by atoms with E-state index in [0.29, 0.717) is 24.2 Å². The van der Waals surface area contributed by atoms with Gasteiger partial charge in [-0.3, -0.25) is 0 Å². The summed E-state index contributed by atoms with van der Waals surface area (Å²) in [4.78, 5) is 16.6. The van der Waals surface area contributed by atoms with Crippen molar-refractivity contribution in [1.29, 1.82) is 0 Å². The first-order valence-corrected chi connectivity index (χ1v) is 8.93. The van der Waals surface area contributed by atoms with Crippen LogP contribution in [0.4, 0.5) is 0 Å². The van der Waals surface area contributed by atoms with E-state index in [0.717, 1.165) is 16.7 Å². The molecule has 0 unspecified atom stereocenters. The lowest BCUT2D eigenvalue weighted by Gasteiger charge is -2.08. The summed E-state index contributed by atoms with van der Waals surface area (Å²) in [5.74, 6) is 0.971. The van der Waals surface area contributed by atoms with Crippen LogP contribution in [0.3, 0.4) is 0 Å². The van der Waals surface area contributed by atoms with Crippen molar-refractivity contribution in [2.45, 2.75) is 26.7 Å². The van der Waals surface area contributed by atoms with E-state index in [1.807, 2.05) is 55.5 Å². The van der Waals surface area contributed by atoms with E-state index in [1.54, 1.807) is 6.08 Å². The first-order valence-electron chi connectivity index (χ1n) is 8.93. The predicted molar refractivity (Wildman–Crippen MR) is 108 cm³/mol. The molecule has 0 N–H and O–H groups in total. The average Bonchev–Trinajstić information content (AvgIpc) is 3.01. The molecule has 1 aliphatic rings. The summed E-state index contributed by atoms with van der Waals surface area (Å²) in [6.45, 7) is 10.4. The SMILES string of the molecule is C=C(C)COc1ccccc1/C=C1\N=C(c2ccc(C(C)C)cc2)OC1=O. The third-order valence-corrected chi connectivity index (χ3v) is 4.13. The lowest BCUT2D eigenvalue weighted by molar-refractivity contribution is -0.129. The zero-order valence-electron chi connectivity index (χ0n) is 15.9. The Labute approximate surface area is 159 Å². The van der Waals surface area contributed by atoms with Gasteiger partial charge in [-0.1, -0.05) is 50.8 Å². The van der Waals surface area contributed by atoms with Gasteiger partial charge in [-0.15, -0.1) is 0 Å². The quantitative estimate of drug-likeness (QED) is 0.408. The molecular formula is C23H23NO3. The van der Waals surface area contributed by atoms with Crippen molar-refractivity contribution in [3.05, 3.63) is 83.1 Å². The lowest BCUT2D eigenvalue weighted by atomic mass is 10.0. The minimum Gasteiger partial charge on any atom is -0.489 e. The number of nitrogens with zero attached hydrogens (tertiary/aromatic N) is 1. The van der Waals surface area contributed by atoms with Gasteiger partial charge < -0.3 is 9.47 Å². The number of rotatable bonds is 6. The van der Waals surface area contributed by atoms with Crippen LogP contribution in [-0.4, -0.2) is 18.5 Å². The molecule has 1 heterocycles. The van der Waals surface area contributed by atoms with Crippen molar-refractivity contribution in [3.8, 4) is 5.75 Å². The second-order valence-electron chi connectivity index (χ2n) is 6.90. The van der Waals surface area contributed by atoms with Crippen molar-refractivity contribution < 1.29 is 14.3 Å². The molecule has 0 aromatic heterocycles. The van der Waals surface area contributed by atoms with E-state index >= 15 is 0 Å². The molecule has 3 rings (SSSR count). The molecule has 0 atom stereocenters. The van der Waals surface area contributed by atoms with Gasteiger partial charge in [-0.2, -0.15) is 0 Å². The van der Waals surface area contributed by atoms with Gasteiger partial charge in [0.2, 0.25) is 5.90 Å². The summed E-state index contributed by atoms with van der Waals surface area (Å²) in [5, 5.41) is 0. The predicted octanol–water partition coefficient (Wildman–Crippen LogP) is 5.11. The summed E-state index contributed by atoms with van der Waals surface area (Å²) in [7, 11) is 0. The van der Waals surface area contributed by atoms with Crippen LogP contribution < -0.4 is 4.74 Å². The van der Waals surface area contributed by atoms with Gasteiger partial charge in [-0.05, 0) is 48.3 Å². The summed E-state index contributed by atoms with van der Waals surface area (Å²) in [6.07, 6.45) is 1.69. The Kier molecular flexibility index (Phi) is 5.55. The molecule has 4 heteroatoms. The molecule has 1 aliphatic heterocycles. The summed E-state index contributed by atoms with van der Waals surface area (Å²) in [5.41, 5.74) is 3.95. The van der Waals surface area contributed by atoms with Gasteiger partial charge in [0.25, 0.3) is 0 Å². The minimum atomic E-state index is -0.465. The van der Waals surface area contributed by atoms with Gasteiger partial charge in [0, 0.05) is 11.1 Å². The number of benzene rings is 2. The Morgan fingerprint density at radius 3 is 2.56 bits per heavy atom. The number of carbonyl (C=O) groups excluding carboxylic acids is 1. The highest BCUT2D eigenvalue weighted by Gasteiger charge is 2.24. The first-order chi connectivity index (χ1) is 12.9. The van der Waals surface area contributed by atoms with E-state index in [4.69, 9.17) is 9.47 Å². The van der Waals surface area contributed by atoms with E-state index in [2.05, 4.69) is 25.4 Å². The number of ether oxygens (including phenoxy) is 2. The fourth-order valence-corrected chi connectivity index (χ4v) is 2.62. The molecule has 0 spiro atoms. The minimum absolute atomic E-state index is 0.254. The molecule has 27 heavy (non-hydrogen) atoms. The van der Waals surface area contributed by atoms with E-state index in [9.17, 15) is 4.79 Å². The monoisotopic (exact) mass is 361 g/mol. The molecule has 0 saturated heterocycles. The molecule has 0 amide bonds. The molecule has 138 valence electrons. The molecule has 4 nitrogen and oxygen atoms in total. The number of aliphatic imine (C=N–C) groups is 1. The van der Waals surface area contributed by atoms with Gasteiger partial charge >= 0.3 is 5.97 Å². The van der Waals surface area contributed by atoms with E-state index in [1.165, 1.54) is 5.56 Å². The number of esters is 1. The fraction of sp³-hybridized carbons (Fsp3) is 0.217. The van der Waals surface area contributed by atoms with Crippen molar-refractivity contribution in [2.75, 3.05) is 6.61 Å². The maximum absolute atomic E-state index is 12.3. The average molecular weight is 361 g/mol. The lowest BCUT2D eigenvalue weighted by Crippen LogP contribution is -2.05. The van der Waals surface area contributed by atoms with Crippen LogP contribution >= 0.6 is 0 Å². The largest absolute Gasteiger partial charge is 0.489 e. The molecule has 0 fully saturated rings. The highest BCUT2D eigenvalue weighted by molar-refractivity contribution is 6.12. The molecular weight excluding hydrogens is 338 g/mol. The molecule has 0 saturated carbocycles. The zero-order chi connectivity index (χ0) is 19.4. The summed E-state index contributed by atoms with van der Waals surface area (Å²) >= 11 is 0. The highest BCUT2D eigenvalue weighted by atomic mass is 16.6. The topological polar surface area (TPSA) is 47.9 Å². The van der Waals surface area contributed by atoms with Gasteiger partial charge in [-0.25, -0.2) is 9.79 Å². The highest BCUT2D eigenvalue weighted by Crippen LogP contribution is 2.25. The summed E-state index contributed by atoms with van der Waals surface area (Å²) < 4.78 is 11.1. The molecule has 0 radical (unpaired) electrons. The van der Waals surface area contributed by atoms with Crippen molar-refractivity contribution >= 4 is 17.9 Å². The van der Waals surface area contributed by atoms with Crippen LogP contribution in [0.25, 0.3) is 6.08 Å². The first kappa shape index (κ1) is 18.6. The van der Waals surface area contributed by atoms with Crippen LogP contribution in [-0.2, 0) is 9.53 Å². The van der Waals surface area contributed by atoms with Crippen molar-refractivity contribution in [3.63, 3.8) is 0 Å². The molecule has 2 aromatic rings. The van der Waals surface area contributed by atoms with Crippen molar-refractivity contribution in [2.24, 2.45) is 4.99 Å². The number of carbonyl (C=O) groups is 1. The van der Waals surface area contributed by atoms with Gasteiger partial charge in [0.05, 0.1) is 0 Å². The standard InChI is InChI=1S/C23H23NO3/c1-15(2)14-26-21-8-6-5-7-19(21)13-20-23(25)27-22(24-20)18-11-9-17(10-12-18)16(3)4/h5-13,16H,1,14H2,2-4H3/b20-13-. The molecule has 0 bridgehead atoms. The summed E-state index contributed by atoms with van der Waals surface area (Å²) in [6, 6.07) is 15.4. The Balaban J connectivity index is 1.87. The number of hydrogen-bond acceptors (Lipinski definition) is 4. The Morgan fingerprint density at radius 1 is 1.19 bits per heavy atom. The van der Waals surface area contributed by atoms with Crippen LogP contribution in [0, 0.1) is 0 Å². The Hall–Kier alpha value is -3.14. The van der Waals surface area contributed by atoms with Crippen LogP contribution in [0.5, 0.6) is 5.75 Å². The van der Waals surface area contributed by atoms with Gasteiger partial charge in [0.15, 0.2) is 5.70 Å². The van der Waals surface area contributed by atoms with E-state index in [-0.39, 0.29) is 5.70 Å². The third kappa shape index (κ3) is 4.53. The normalized spacial score (nSPS) is 15.0. The molecule has 0 aliphatic carbocycles. The second-order valence-corrected chi connectivity index (χ2v) is 6.90. The molecule has 2 aromatic carbocycles. The maximum Gasteiger partial charge on any atom is 0.363 e. The van der Waals surface area contributed by atoms with Crippen LogP contribution in [0.2, 0.25) is 0 Å². The van der Waals surface area contributed by atoms with Gasteiger partial charge in [0.1, 0.15) is 12.4 Å². The Bertz CT molecular complexity index is 921. The Morgan fingerprint density at radius 2 is 1.89 bits per heavy atom. The van der Waals surface area contributed by atoms with Crippen LogP contribution in [0.15, 0.2) is 71.4 Å².